The molecule has 0 atom stereocenters. The Bertz CT molecular complexity index is 578. The van der Waals surface area contributed by atoms with Crippen LogP contribution in [0.2, 0.25) is 0 Å². The first kappa shape index (κ1) is 13.6. The number of benzene rings is 3. The molecule has 3 aromatic rings. The average Bonchev–Trinajstić information content (AvgIpc) is 2.59. The second-order valence-electron chi connectivity index (χ2n) is 4.91. The van der Waals surface area contributed by atoms with Gasteiger partial charge in [-0.15, -0.1) is 0 Å². The summed E-state index contributed by atoms with van der Waals surface area (Å²) >= 11 is 0. The molecule has 0 aliphatic rings. The van der Waals surface area contributed by atoms with Crippen molar-refractivity contribution in [3.05, 3.63) is 108 Å². The zero-order valence-electron chi connectivity index (χ0n) is 12.0. The van der Waals surface area contributed by atoms with E-state index in [1.165, 1.54) is 0 Å². The molecule has 3 aromatic carbocycles. The van der Waals surface area contributed by atoms with Crippen LogP contribution in [-0.4, -0.2) is 7.11 Å². The minimum absolute atomic E-state index is 0.611. The standard InChI is InChI=1S/C20H17O/c1-21-20(17-11-5-2-6-12-17,18-13-7-3-8-14-18)19-15-9-4-10-16-19/h2-9,11-16H,1H3. The van der Waals surface area contributed by atoms with E-state index in [1.54, 1.807) is 7.11 Å². The molecule has 0 aliphatic carbocycles. The third-order valence-electron chi connectivity index (χ3n) is 3.78. The first-order chi connectivity index (χ1) is 10.4. The average molecular weight is 273 g/mol. The van der Waals surface area contributed by atoms with Gasteiger partial charge in [0.05, 0.1) is 0 Å². The SMILES string of the molecule is COC(c1c[c]ccc1)(c1ccccc1)c1ccccc1. The first-order valence-electron chi connectivity index (χ1n) is 7.01. The summed E-state index contributed by atoms with van der Waals surface area (Å²) in [5.74, 6) is 0. The Morgan fingerprint density at radius 1 is 0.714 bits per heavy atom. The summed E-state index contributed by atoms with van der Waals surface area (Å²) in [5, 5.41) is 0. The van der Waals surface area contributed by atoms with E-state index in [1.807, 2.05) is 54.6 Å². The normalized spacial score (nSPS) is 11.3. The van der Waals surface area contributed by atoms with E-state index in [0.29, 0.717) is 0 Å². The number of methoxy groups -OCH3 is 1. The Hall–Kier alpha value is -2.38. The van der Waals surface area contributed by atoms with Crippen LogP contribution in [0.1, 0.15) is 16.7 Å². The van der Waals surface area contributed by atoms with Crippen molar-refractivity contribution in [1.82, 2.24) is 0 Å². The summed E-state index contributed by atoms with van der Waals surface area (Å²) in [6.07, 6.45) is 0. The number of hydrogen-bond acceptors (Lipinski definition) is 1. The zero-order valence-corrected chi connectivity index (χ0v) is 12.0. The molecule has 0 fully saturated rings. The van der Waals surface area contributed by atoms with Crippen LogP contribution in [0.4, 0.5) is 0 Å². The van der Waals surface area contributed by atoms with Gasteiger partial charge in [0.2, 0.25) is 0 Å². The van der Waals surface area contributed by atoms with Gasteiger partial charge in [0.1, 0.15) is 5.60 Å². The first-order valence-corrected chi connectivity index (χ1v) is 7.01. The van der Waals surface area contributed by atoms with Gasteiger partial charge in [-0.2, -0.15) is 0 Å². The van der Waals surface area contributed by atoms with Crippen LogP contribution in [0.3, 0.4) is 0 Å². The fourth-order valence-electron chi connectivity index (χ4n) is 2.81. The van der Waals surface area contributed by atoms with Crippen molar-refractivity contribution in [1.29, 1.82) is 0 Å². The summed E-state index contributed by atoms with van der Waals surface area (Å²) in [7, 11) is 1.76. The van der Waals surface area contributed by atoms with Crippen LogP contribution < -0.4 is 0 Å². The van der Waals surface area contributed by atoms with Crippen molar-refractivity contribution in [3.63, 3.8) is 0 Å². The van der Waals surface area contributed by atoms with Crippen molar-refractivity contribution in [2.45, 2.75) is 5.60 Å². The lowest BCUT2D eigenvalue weighted by Crippen LogP contribution is -2.31. The van der Waals surface area contributed by atoms with E-state index >= 15 is 0 Å². The highest BCUT2D eigenvalue weighted by atomic mass is 16.5. The van der Waals surface area contributed by atoms with Crippen molar-refractivity contribution in [2.24, 2.45) is 0 Å². The quantitative estimate of drug-likeness (QED) is 0.639. The smallest absolute Gasteiger partial charge is 0.143 e. The number of rotatable bonds is 4. The van der Waals surface area contributed by atoms with Crippen LogP contribution in [0.5, 0.6) is 0 Å². The molecule has 0 aromatic heterocycles. The molecule has 103 valence electrons. The summed E-state index contributed by atoms with van der Waals surface area (Å²) in [5.41, 5.74) is 2.68. The van der Waals surface area contributed by atoms with Gasteiger partial charge >= 0.3 is 0 Å². The Kier molecular flexibility index (Phi) is 3.85. The topological polar surface area (TPSA) is 9.23 Å². The molecule has 21 heavy (non-hydrogen) atoms. The van der Waals surface area contributed by atoms with Gasteiger partial charge in [0.15, 0.2) is 0 Å². The molecule has 0 bridgehead atoms. The molecule has 0 saturated carbocycles. The van der Waals surface area contributed by atoms with Gasteiger partial charge in [-0.1, -0.05) is 78.9 Å². The van der Waals surface area contributed by atoms with Gasteiger partial charge in [0, 0.05) is 7.11 Å². The van der Waals surface area contributed by atoms with E-state index in [2.05, 4.69) is 36.4 Å². The Labute approximate surface area is 125 Å². The van der Waals surface area contributed by atoms with Crippen molar-refractivity contribution in [3.8, 4) is 0 Å². The van der Waals surface area contributed by atoms with E-state index < -0.39 is 5.60 Å². The Morgan fingerprint density at radius 3 is 1.67 bits per heavy atom. The molecule has 0 N–H and O–H groups in total. The van der Waals surface area contributed by atoms with E-state index in [0.717, 1.165) is 16.7 Å². The van der Waals surface area contributed by atoms with Crippen molar-refractivity contribution >= 4 is 0 Å². The summed E-state index contributed by atoms with van der Waals surface area (Å²) in [6.45, 7) is 0. The summed E-state index contributed by atoms with van der Waals surface area (Å²) in [6, 6.07) is 31.7. The maximum absolute atomic E-state index is 6.08. The van der Waals surface area contributed by atoms with Gasteiger partial charge < -0.3 is 4.74 Å². The third kappa shape index (κ3) is 2.37. The maximum atomic E-state index is 6.08. The molecule has 0 spiro atoms. The molecule has 0 amide bonds. The van der Waals surface area contributed by atoms with Crippen LogP contribution in [0, 0.1) is 6.07 Å². The summed E-state index contributed by atoms with van der Waals surface area (Å²) in [4.78, 5) is 0. The minimum Gasteiger partial charge on any atom is -0.364 e. The van der Waals surface area contributed by atoms with Crippen LogP contribution in [0.15, 0.2) is 84.9 Å². The Balaban J connectivity index is 2.29. The molecule has 1 heteroatoms. The third-order valence-corrected chi connectivity index (χ3v) is 3.78. The van der Waals surface area contributed by atoms with E-state index in [9.17, 15) is 0 Å². The van der Waals surface area contributed by atoms with Crippen LogP contribution in [-0.2, 0) is 10.3 Å². The van der Waals surface area contributed by atoms with Crippen molar-refractivity contribution < 1.29 is 4.74 Å². The largest absolute Gasteiger partial charge is 0.364 e. The highest BCUT2D eigenvalue weighted by Gasteiger charge is 2.36. The molecule has 1 radical (unpaired) electrons. The van der Waals surface area contributed by atoms with E-state index in [-0.39, 0.29) is 0 Å². The monoisotopic (exact) mass is 273 g/mol. The molecular formula is C20H17O. The highest BCUT2D eigenvalue weighted by molar-refractivity contribution is 5.47. The van der Waals surface area contributed by atoms with Crippen LogP contribution >= 0.6 is 0 Å². The molecule has 0 saturated heterocycles. The van der Waals surface area contributed by atoms with Gasteiger partial charge in [-0.25, -0.2) is 0 Å². The molecule has 0 aliphatic heterocycles. The zero-order chi connectivity index (χ0) is 14.5. The Morgan fingerprint density at radius 2 is 1.24 bits per heavy atom. The lowest BCUT2D eigenvalue weighted by Gasteiger charge is -2.34. The lowest BCUT2D eigenvalue weighted by atomic mass is 9.80. The second-order valence-corrected chi connectivity index (χ2v) is 4.91. The molecule has 3 rings (SSSR count). The predicted octanol–water partition coefficient (Wildman–Crippen LogP) is 4.43. The fraction of sp³-hybridized carbons (Fsp3) is 0.100. The highest BCUT2D eigenvalue weighted by Crippen LogP contribution is 2.39. The molecule has 0 heterocycles. The molecule has 0 unspecified atom stereocenters. The minimum atomic E-state index is -0.611. The fourth-order valence-corrected chi connectivity index (χ4v) is 2.81. The summed E-state index contributed by atoms with van der Waals surface area (Å²) < 4.78 is 6.08. The van der Waals surface area contributed by atoms with Gasteiger partial charge in [-0.3, -0.25) is 0 Å². The van der Waals surface area contributed by atoms with Crippen LogP contribution in [0.25, 0.3) is 0 Å². The molecular weight excluding hydrogens is 256 g/mol. The molecule has 1 nitrogen and oxygen atoms in total. The van der Waals surface area contributed by atoms with Gasteiger partial charge in [0.25, 0.3) is 0 Å². The van der Waals surface area contributed by atoms with Gasteiger partial charge in [-0.05, 0) is 28.8 Å². The number of ether oxygens (including phenoxy) is 1. The predicted molar refractivity (Wildman–Crippen MR) is 85.1 cm³/mol. The lowest BCUT2D eigenvalue weighted by molar-refractivity contribution is 0.0585. The second kappa shape index (κ2) is 5.94. The number of hydrogen-bond donors (Lipinski definition) is 0. The van der Waals surface area contributed by atoms with Crippen molar-refractivity contribution in [2.75, 3.05) is 7.11 Å². The maximum Gasteiger partial charge on any atom is 0.143 e. The van der Waals surface area contributed by atoms with E-state index in [4.69, 9.17) is 4.74 Å².